The third-order valence-corrected chi connectivity index (χ3v) is 3.48. The van der Waals surface area contributed by atoms with E-state index in [2.05, 4.69) is 0 Å². The van der Waals surface area contributed by atoms with Gasteiger partial charge in [0.1, 0.15) is 0 Å². The summed E-state index contributed by atoms with van der Waals surface area (Å²) >= 11 is 1.61. The van der Waals surface area contributed by atoms with Gasteiger partial charge in [-0.25, -0.2) is 0 Å². The van der Waals surface area contributed by atoms with E-state index in [1.807, 2.05) is 38.3 Å². The van der Waals surface area contributed by atoms with Gasteiger partial charge in [0.05, 0.1) is 12.5 Å². The molecule has 0 radical (unpaired) electrons. The number of hydrogen-bond acceptors (Lipinski definition) is 4. The molecule has 0 spiro atoms. The second-order valence-corrected chi connectivity index (χ2v) is 5.48. The molecule has 3 nitrogen and oxygen atoms in total. The normalized spacial score (nSPS) is 11.3. The summed E-state index contributed by atoms with van der Waals surface area (Å²) in [4.78, 5) is 12.7. The molecule has 0 atom stereocenters. The minimum atomic E-state index is -0.513. The first-order valence-electron chi connectivity index (χ1n) is 5.41. The molecule has 17 heavy (non-hydrogen) atoms. The Morgan fingerprint density at radius 1 is 1.47 bits per heavy atom. The topological polar surface area (TPSA) is 52.3 Å². The van der Waals surface area contributed by atoms with Crippen LogP contribution < -0.4 is 5.73 Å². The zero-order chi connectivity index (χ0) is 13.1. The molecule has 2 N–H and O–H groups in total. The number of ether oxygens (including phenoxy) is 1. The van der Waals surface area contributed by atoms with Crippen LogP contribution in [0.5, 0.6) is 0 Å². The summed E-state index contributed by atoms with van der Waals surface area (Å²) < 4.78 is 4.80. The predicted molar refractivity (Wildman–Crippen MR) is 72.1 cm³/mol. The van der Waals surface area contributed by atoms with Gasteiger partial charge in [0.15, 0.2) is 0 Å². The first-order valence-corrected chi connectivity index (χ1v) is 6.64. The van der Waals surface area contributed by atoms with Crippen molar-refractivity contribution >= 4 is 23.4 Å². The summed E-state index contributed by atoms with van der Waals surface area (Å²) in [6.07, 6.45) is 2.63. The van der Waals surface area contributed by atoms with Crippen LogP contribution in [-0.4, -0.2) is 19.3 Å². The number of thioether (sulfide) groups is 1. The summed E-state index contributed by atoms with van der Waals surface area (Å²) in [7, 11) is 1.42. The molecule has 94 valence electrons. The van der Waals surface area contributed by atoms with Gasteiger partial charge in [0, 0.05) is 10.6 Å². The predicted octanol–water partition coefficient (Wildman–Crippen LogP) is 2.73. The van der Waals surface area contributed by atoms with E-state index >= 15 is 0 Å². The molecule has 0 unspecified atom stereocenters. The van der Waals surface area contributed by atoms with Crippen LogP contribution in [0.1, 0.15) is 19.4 Å². The van der Waals surface area contributed by atoms with Crippen molar-refractivity contribution in [3.8, 4) is 0 Å². The summed E-state index contributed by atoms with van der Waals surface area (Å²) in [5.74, 6) is -0.194. The Morgan fingerprint density at radius 2 is 2.12 bits per heavy atom. The highest BCUT2D eigenvalue weighted by Gasteiger charge is 2.28. The summed E-state index contributed by atoms with van der Waals surface area (Å²) in [6, 6.07) is 5.87. The second-order valence-electron chi connectivity index (χ2n) is 4.63. The highest BCUT2D eigenvalue weighted by atomic mass is 32.2. The maximum atomic E-state index is 11.6. The monoisotopic (exact) mass is 253 g/mol. The molecule has 0 fully saturated rings. The molecule has 0 aliphatic heterocycles. The van der Waals surface area contributed by atoms with Crippen LogP contribution >= 0.6 is 11.8 Å². The highest BCUT2D eigenvalue weighted by molar-refractivity contribution is 7.98. The zero-order valence-corrected chi connectivity index (χ0v) is 11.6. The van der Waals surface area contributed by atoms with E-state index in [0.29, 0.717) is 6.42 Å². The summed E-state index contributed by atoms with van der Waals surface area (Å²) in [5.41, 5.74) is 7.20. The Bertz CT molecular complexity index is 416. The molecule has 4 heteroatoms. The first kappa shape index (κ1) is 13.9. The summed E-state index contributed by atoms with van der Waals surface area (Å²) in [6.45, 7) is 3.77. The van der Waals surface area contributed by atoms with Gasteiger partial charge >= 0.3 is 5.97 Å². The van der Waals surface area contributed by atoms with E-state index in [1.165, 1.54) is 7.11 Å². The third-order valence-electron chi connectivity index (χ3n) is 2.68. The standard InChI is InChI=1S/C13H19NO2S/c1-13(2,12(15)16-3)8-9-5-6-10(14)11(7-9)17-4/h5-7H,8,14H2,1-4H3. The number of nitrogen functional groups attached to an aromatic ring is 1. The van der Waals surface area contributed by atoms with Crippen LogP contribution in [-0.2, 0) is 16.0 Å². The van der Waals surface area contributed by atoms with E-state index in [9.17, 15) is 4.79 Å². The van der Waals surface area contributed by atoms with E-state index in [0.717, 1.165) is 16.1 Å². The van der Waals surface area contributed by atoms with Crippen molar-refractivity contribution in [2.24, 2.45) is 5.41 Å². The average Bonchev–Trinajstić information content (AvgIpc) is 2.30. The lowest BCUT2D eigenvalue weighted by molar-refractivity contribution is -0.150. The molecule has 1 aromatic rings. The quantitative estimate of drug-likeness (QED) is 0.509. The molecule has 0 aliphatic rings. The van der Waals surface area contributed by atoms with E-state index in [1.54, 1.807) is 11.8 Å². The number of methoxy groups -OCH3 is 1. The Kier molecular flexibility index (Phi) is 4.46. The van der Waals surface area contributed by atoms with Gasteiger partial charge in [0.25, 0.3) is 0 Å². The van der Waals surface area contributed by atoms with Crippen LogP contribution in [0.2, 0.25) is 0 Å². The van der Waals surface area contributed by atoms with Gasteiger partial charge in [-0.15, -0.1) is 11.8 Å². The maximum Gasteiger partial charge on any atom is 0.311 e. The number of esters is 1. The van der Waals surface area contributed by atoms with Gasteiger partial charge in [-0.05, 0) is 44.2 Å². The SMILES string of the molecule is COC(=O)C(C)(C)Cc1ccc(N)c(SC)c1. The van der Waals surface area contributed by atoms with Crippen molar-refractivity contribution < 1.29 is 9.53 Å². The van der Waals surface area contributed by atoms with Crippen LogP contribution in [0, 0.1) is 5.41 Å². The van der Waals surface area contributed by atoms with Crippen molar-refractivity contribution in [1.29, 1.82) is 0 Å². The van der Waals surface area contributed by atoms with Crippen molar-refractivity contribution in [3.05, 3.63) is 23.8 Å². The Morgan fingerprint density at radius 3 is 2.65 bits per heavy atom. The Hall–Kier alpha value is -1.16. The van der Waals surface area contributed by atoms with Crippen molar-refractivity contribution in [2.45, 2.75) is 25.2 Å². The van der Waals surface area contributed by atoms with Gasteiger partial charge in [-0.1, -0.05) is 6.07 Å². The molecule has 0 amide bonds. The molecule has 0 bridgehead atoms. The Balaban J connectivity index is 2.92. The maximum absolute atomic E-state index is 11.6. The molecule has 0 aromatic heterocycles. The number of benzene rings is 1. The van der Waals surface area contributed by atoms with Crippen molar-refractivity contribution in [1.82, 2.24) is 0 Å². The van der Waals surface area contributed by atoms with Crippen LogP contribution in [0.3, 0.4) is 0 Å². The van der Waals surface area contributed by atoms with E-state index < -0.39 is 5.41 Å². The molecule has 0 saturated heterocycles. The Labute approximate surface area is 107 Å². The fourth-order valence-electron chi connectivity index (χ4n) is 1.72. The lowest BCUT2D eigenvalue weighted by Crippen LogP contribution is -2.28. The zero-order valence-electron chi connectivity index (χ0n) is 10.7. The van der Waals surface area contributed by atoms with Crippen molar-refractivity contribution in [2.75, 3.05) is 19.1 Å². The van der Waals surface area contributed by atoms with Gasteiger partial charge < -0.3 is 10.5 Å². The highest BCUT2D eigenvalue weighted by Crippen LogP contribution is 2.28. The van der Waals surface area contributed by atoms with Crippen molar-refractivity contribution in [3.63, 3.8) is 0 Å². The molecule has 0 saturated carbocycles. The molecule has 0 aliphatic carbocycles. The average molecular weight is 253 g/mol. The van der Waals surface area contributed by atoms with Gasteiger partial charge in [-0.3, -0.25) is 4.79 Å². The van der Waals surface area contributed by atoms with Gasteiger partial charge in [0.2, 0.25) is 0 Å². The number of rotatable bonds is 4. The van der Waals surface area contributed by atoms with E-state index in [-0.39, 0.29) is 5.97 Å². The smallest absolute Gasteiger partial charge is 0.311 e. The lowest BCUT2D eigenvalue weighted by atomic mass is 9.86. The fourth-order valence-corrected chi connectivity index (χ4v) is 2.30. The minimum absolute atomic E-state index is 0.194. The van der Waals surface area contributed by atoms with Crippen LogP contribution in [0.25, 0.3) is 0 Å². The number of nitrogens with two attached hydrogens (primary N) is 1. The fraction of sp³-hybridized carbons (Fsp3) is 0.462. The number of carbonyl (C=O) groups is 1. The number of carbonyl (C=O) groups excluding carboxylic acids is 1. The molecular weight excluding hydrogens is 234 g/mol. The first-order chi connectivity index (χ1) is 7.90. The van der Waals surface area contributed by atoms with E-state index in [4.69, 9.17) is 10.5 Å². The largest absolute Gasteiger partial charge is 0.469 e. The minimum Gasteiger partial charge on any atom is -0.469 e. The number of anilines is 1. The third kappa shape index (κ3) is 3.40. The lowest BCUT2D eigenvalue weighted by Gasteiger charge is -2.21. The molecular formula is C13H19NO2S. The summed E-state index contributed by atoms with van der Waals surface area (Å²) in [5, 5.41) is 0. The van der Waals surface area contributed by atoms with Gasteiger partial charge in [-0.2, -0.15) is 0 Å². The molecule has 1 rings (SSSR count). The second kappa shape index (κ2) is 5.45. The molecule has 1 aromatic carbocycles. The molecule has 0 heterocycles. The number of hydrogen-bond donors (Lipinski definition) is 1. The van der Waals surface area contributed by atoms with Crippen LogP contribution in [0.4, 0.5) is 5.69 Å². The van der Waals surface area contributed by atoms with Crippen LogP contribution in [0.15, 0.2) is 23.1 Å².